The van der Waals surface area contributed by atoms with Gasteiger partial charge < -0.3 is 14.8 Å². The van der Waals surface area contributed by atoms with Gasteiger partial charge >= 0.3 is 0 Å². The summed E-state index contributed by atoms with van der Waals surface area (Å²) >= 11 is 7.50. The molecule has 0 unspecified atom stereocenters. The molecule has 0 saturated heterocycles. The summed E-state index contributed by atoms with van der Waals surface area (Å²) in [7, 11) is 0. The van der Waals surface area contributed by atoms with Crippen LogP contribution in [0.3, 0.4) is 0 Å². The van der Waals surface area contributed by atoms with Crippen LogP contribution in [-0.4, -0.2) is 39.6 Å². The lowest BCUT2D eigenvalue weighted by Gasteiger charge is -2.19. The molecule has 0 atom stereocenters. The molecule has 0 aliphatic carbocycles. The molecule has 9 heteroatoms. The van der Waals surface area contributed by atoms with E-state index in [0.717, 1.165) is 11.3 Å². The van der Waals surface area contributed by atoms with Crippen LogP contribution in [0.5, 0.6) is 11.5 Å². The minimum absolute atomic E-state index is 0.162. The quantitative estimate of drug-likeness (QED) is 0.389. The van der Waals surface area contributed by atoms with Crippen molar-refractivity contribution in [3.63, 3.8) is 0 Å². The molecule has 33 heavy (non-hydrogen) atoms. The first kappa shape index (κ1) is 21.4. The van der Waals surface area contributed by atoms with Gasteiger partial charge in [-0.1, -0.05) is 53.7 Å². The number of hydrogen-bond donors (Lipinski definition) is 1. The Kier molecular flexibility index (Phi) is 6.19. The van der Waals surface area contributed by atoms with Gasteiger partial charge in [-0.25, -0.2) is 0 Å². The third-order valence-electron chi connectivity index (χ3n) is 4.89. The fraction of sp³-hybridized carbons (Fsp3) is 0.125. The molecule has 1 amide bonds. The maximum atomic E-state index is 12.6. The van der Waals surface area contributed by atoms with Crippen LogP contribution in [0, 0.1) is 0 Å². The van der Waals surface area contributed by atoms with Gasteiger partial charge in [-0.05, 0) is 36.4 Å². The molecule has 1 aliphatic heterocycles. The van der Waals surface area contributed by atoms with Crippen LogP contribution in [0.2, 0.25) is 5.02 Å². The second-order valence-electron chi connectivity index (χ2n) is 7.18. The SMILES string of the molecule is O=C(CSc1nnc(-c2cccc(Cl)c2)n1-c1ccccc1)Nc1ccc2c(c1)OCCO2. The molecule has 5 rings (SSSR count). The van der Waals surface area contributed by atoms with Gasteiger partial charge in [0.25, 0.3) is 0 Å². The van der Waals surface area contributed by atoms with Gasteiger partial charge in [-0.15, -0.1) is 10.2 Å². The molecule has 3 aromatic carbocycles. The van der Waals surface area contributed by atoms with Crippen LogP contribution in [0.4, 0.5) is 5.69 Å². The molecule has 0 fully saturated rings. The number of benzene rings is 3. The summed E-state index contributed by atoms with van der Waals surface area (Å²) in [6, 6.07) is 22.6. The highest BCUT2D eigenvalue weighted by Gasteiger charge is 2.18. The molecule has 0 spiro atoms. The number of ether oxygens (including phenoxy) is 2. The van der Waals surface area contributed by atoms with E-state index in [1.54, 1.807) is 18.2 Å². The monoisotopic (exact) mass is 478 g/mol. The van der Waals surface area contributed by atoms with Gasteiger partial charge in [0.1, 0.15) is 13.2 Å². The van der Waals surface area contributed by atoms with E-state index < -0.39 is 0 Å². The summed E-state index contributed by atoms with van der Waals surface area (Å²) in [5, 5.41) is 12.9. The molecule has 0 bridgehead atoms. The van der Waals surface area contributed by atoms with Gasteiger partial charge in [0.2, 0.25) is 5.91 Å². The lowest BCUT2D eigenvalue weighted by Crippen LogP contribution is -2.17. The Morgan fingerprint density at radius 1 is 0.970 bits per heavy atom. The highest BCUT2D eigenvalue weighted by molar-refractivity contribution is 7.99. The van der Waals surface area contributed by atoms with Crippen molar-refractivity contribution in [1.29, 1.82) is 0 Å². The molecule has 166 valence electrons. The van der Waals surface area contributed by atoms with Crippen molar-refractivity contribution in [3.8, 4) is 28.6 Å². The summed E-state index contributed by atoms with van der Waals surface area (Å²) < 4.78 is 13.0. The zero-order chi connectivity index (χ0) is 22.6. The molecule has 7 nitrogen and oxygen atoms in total. The second-order valence-corrected chi connectivity index (χ2v) is 8.56. The Morgan fingerprint density at radius 2 is 1.79 bits per heavy atom. The Balaban J connectivity index is 1.36. The molecule has 2 heterocycles. The minimum atomic E-state index is -0.163. The summed E-state index contributed by atoms with van der Waals surface area (Å²) in [5.74, 6) is 1.96. The van der Waals surface area contributed by atoms with Crippen molar-refractivity contribution >= 4 is 35.0 Å². The molecular weight excluding hydrogens is 460 g/mol. The Labute approximate surface area is 199 Å². The van der Waals surface area contributed by atoms with E-state index in [4.69, 9.17) is 21.1 Å². The van der Waals surface area contributed by atoms with Gasteiger partial charge in [0.15, 0.2) is 22.5 Å². The number of amides is 1. The van der Waals surface area contributed by atoms with Crippen LogP contribution in [0.1, 0.15) is 0 Å². The van der Waals surface area contributed by atoms with E-state index in [0.29, 0.717) is 46.4 Å². The number of para-hydroxylation sites is 1. The molecule has 1 aromatic heterocycles. The summed E-state index contributed by atoms with van der Waals surface area (Å²) in [6.07, 6.45) is 0. The molecule has 1 N–H and O–H groups in total. The lowest BCUT2D eigenvalue weighted by atomic mass is 10.2. The van der Waals surface area contributed by atoms with E-state index in [2.05, 4.69) is 15.5 Å². The number of carbonyl (C=O) groups excluding carboxylic acids is 1. The predicted molar refractivity (Wildman–Crippen MR) is 129 cm³/mol. The number of nitrogens with one attached hydrogen (secondary N) is 1. The van der Waals surface area contributed by atoms with E-state index in [1.807, 2.05) is 59.2 Å². The van der Waals surface area contributed by atoms with Crippen molar-refractivity contribution in [2.24, 2.45) is 0 Å². The van der Waals surface area contributed by atoms with Crippen LogP contribution >= 0.6 is 23.4 Å². The number of aromatic nitrogens is 3. The number of nitrogens with zero attached hydrogens (tertiary/aromatic N) is 3. The molecule has 0 saturated carbocycles. The average Bonchev–Trinajstić information content (AvgIpc) is 3.27. The van der Waals surface area contributed by atoms with Crippen molar-refractivity contribution < 1.29 is 14.3 Å². The summed E-state index contributed by atoms with van der Waals surface area (Å²) in [6.45, 7) is 1.01. The molecule has 4 aromatic rings. The smallest absolute Gasteiger partial charge is 0.234 e. The van der Waals surface area contributed by atoms with E-state index >= 15 is 0 Å². The number of fused-ring (bicyclic) bond motifs is 1. The number of anilines is 1. The van der Waals surface area contributed by atoms with Gasteiger partial charge in [-0.3, -0.25) is 9.36 Å². The first-order valence-electron chi connectivity index (χ1n) is 10.3. The van der Waals surface area contributed by atoms with E-state index in [1.165, 1.54) is 11.8 Å². The van der Waals surface area contributed by atoms with Crippen molar-refractivity contribution in [2.45, 2.75) is 5.16 Å². The molecular formula is C24H19ClN4O3S. The summed E-state index contributed by atoms with van der Waals surface area (Å²) in [4.78, 5) is 12.6. The largest absolute Gasteiger partial charge is 0.486 e. The number of rotatable bonds is 6. The third kappa shape index (κ3) is 4.81. The maximum Gasteiger partial charge on any atom is 0.234 e. The van der Waals surface area contributed by atoms with E-state index in [9.17, 15) is 4.79 Å². The second kappa shape index (κ2) is 9.56. The topological polar surface area (TPSA) is 78.3 Å². The summed E-state index contributed by atoms with van der Waals surface area (Å²) in [5.41, 5.74) is 2.38. The van der Waals surface area contributed by atoms with Crippen molar-refractivity contribution in [1.82, 2.24) is 14.8 Å². The number of halogens is 1. The fourth-order valence-electron chi connectivity index (χ4n) is 3.44. The Hall–Kier alpha value is -3.49. The normalized spacial score (nSPS) is 12.4. The molecule has 1 aliphatic rings. The Morgan fingerprint density at radius 3 is 2.61 bits per heavy atom. The maximum absolute atomic E-state index is 12.6. The van der Waals surface area contributed by atoms with Crippen molar-refractivity contribution in [2.75, 3.05) is 24.3 Å². The number of carbonyl (C=O) groups is 1. The van der Waals surface area contributed by atoms with Crippen LogP contribution < -0.4 is 14.8 Å². The van der Waals surface area contributed by atoms with Gasteiger partial charge in [0, 0.05) is 28.0 Å². The van der Waals surface area contributed by atoms with Crippen molar-refractivity contribution in [3.05, 3.63) is 77.8 Å². The van der Waals surface area contributed by atoms with Gasteiger partial charge in [-0.2, -0.15) is 0 Å². The van der Waals surface area contributed by atoms with Crippen LogP contribution in [0.25, 0.3) is 17.1 Å². The molecule has 0 radical (unpaired) electrons. The van der Waals surface area contributed by atoms with Crippen LogP contribution in [0.15, 0.2) is 78.0 Å². The number of thioether (sulfide) groups is 1. The van der Waals surface area contributed by atoms with Gasteiger partial charge in [0.05, 0.1) is 5.75 Å². The first-order valence-corrected chi connectivity index (χ1v) is 11.6. The van der Waals surface area contributed by atoms with E-state index in [-0.39, 0.29) is 11.7 Å². The standard InChI is InChI=1S/C24H19ClN4O3S/c25-17-6-4-5-16(13-17)23-27-28-24(29(23)19-7-2-1-3-8-19)33-15-22(30)26-18-9-10-20-21(14-18)32-12-11-31-20/h1-10,13-14H,11-12,15H2,(H,26,30). The zero-order valence-electron chi connectivity index (χ0n) is 17.4. The average molecular weight is 479 g/mol. The van der Waals surface area contributed by atoms with Crippen LogP contribution in [-0.2, 0) is 4.79 Å². The fourth-order valence-corrected chi connectivity index (χ4v) is 4.38. The number of hydrogen-bond acceptors (Lipinski definition) is 6. The lowest BCUT2D eigenvalue weighted by molar-refractivity contribution is -0.113. The zero-order valence-corrected chi connectivity index (χ0v) is 19.0. The third-order valence-corrected chi connectivity index (χ3v) is 6.05. The highest BCUT2D eigenvalue weighted by Crippen LogP contribution is 2.33. The highest BCUT2D eigenvalue weighted by atomic mass is 35.5. The Bertz CT molecular complexity index is 1300. The first-order chi connectivity index (χ1) is 16.2. The minimum Gasteiger partial charge on any atom is -0.486 e. The predicted octanol–water partition coefficient (Wildman–Crippen LogP) is 5.09.